The van der Waals surface area contributed by atoms with Gasteiger partial charge in [0, 0.05) is 12.3 Å². The number of ketones is 1. The third-order valence-electron chi connectivity index (χ3n) is 11.9. The molecule has 5 rings (SSSR count). The molecule has 0 bridgehead atoms. The number of rotatable bonds is 5. The second-order valence-corrected chi connectivity index (χ2v) is 13.2. The second kappa shape index (κ2) is 6.83. The molecule has 1 heteroatoms. The lowest BCUT2D eigenvalue weighted by Gasteiger charge is -2.61. The monoisotopic (exact) mass is 398 g/mol. The van der Waals surface area contributed by atoms with Crippen molar-refractivity contribution in [1.29, 1.82) is 0 Å². The van der Waals surface area contributed by atoms with Crippen LogP contribution in [0.25, 0.3) is 0 Å². The van der Waals surface area contributed by atoms with Gasteiger partial charge in [-0.05, 0) is 103 Å². The summed E-state index contributed by atoms with van der Waals surface area (Å²) in [5.41, 5.74) is 1.53. The summed E-state index contributed by atoms with van der Waals surface area (Å²) in [6, 6.07) is 0. The van der Waals surface area contributed by atoms with Crippen LogP contribution in [0.2, 0.25) is 0 Å². The van der Waals surface area contributed by atoms with Crippen molar-refractivity contribution in [3.8, 4) is 0 Å². The Morgan fingerprint density at radius 2 is 1.72 bits per heavy atom. The molecular formula is C28H46O. The van der Waals surface area contributed by atoms with Crippen LogP contribution in [0.3, 0.4) is 0 Å². The summed E-state index contributed by atoms with van der Waals surface area (Å²) in [6.45, 7) is 12.7. The molecule has 0 heterocycles. The summed E-state index contributed by atoms with van der Waals surface area (Å²) >= 11 is 0. The van der Waals surface area contributed by atoms with E-state index in [9.17, 15) is 4.79 Å². The highest BCUT2D eigenvalue weighted by molar-refractivity contribution is 5.86. The van der Waals surface area contributed by atoms with Crippen molar-refractivity contribution in [3.05, 3.63) is 0 Å². The highest BCUT2D eigenvalue weighted by Gasteiger charge is 2.74. The lowest BCUT2D eigenvalue weighted by Crippen LogP contribution is -2.55. The lowest BCUT2D eigenvalue weighted by molar-refractivity contribution is -0.144. The van der Waals surface area contributed by atoms with Crippen LogP contribution >= 0.6 is 0 Å². The first-order chi connectivity index (χ1) is 13.7. The van der Waals surface area contributed by atoms with Gasteiger partial charge in [-0.3, -0.25) is 4.79 Å². The summed E-state index contributed by atoms with van der Waals surface area (Å²) in [4.78, 5) is 12.5. The molecule has 5 fully saturated rings. The Labute approximate surface area is 180 Å². The number of Topliss-reactive ketones (excluding diaryl/α,β-unsaturated/α-hetero) is 1. The van der Waals surface area contributed by atoms with E-state index in [0.29, 0.717) is 27.9 Å². The van der Waals surface area contributed by atoms with Crippen LogP contribution in [-0.4, -0.2) is 5.78 Å². The molecule has 0 saturated heterocycles. The third-order valence-corrected chi connectivity index (χ3v) is 11.9. The van der Waals surface area contributed by atoms with Gasteiger partial charge in [-0.15, -0.1) is 0 Å². The van der Waals surface area contributed by atoms with Gasteiger partial charge in [-0.2, -0.15) is 0 Å². The maximum Gasteiger partial charge on any atom is 0.136 e. The largest absolute Gasteiger partial charge is 0.299 e. The topological polar surface area (TPSA) is 17.1 Å². The average molecular weight is 399 g/mol. The van der Waals surface area contributed by atoms with Gasteiger partial charge in [0.2, 0.25) is 0 Å². The van der Waals surface area contributed by atoms with Crippen LogP contribution in [0.5, 0.6) is 0 Å². The van der Waals surface area contributed by atoms with Gasteiger partial charge in [0.05, 0.1) is 0 Å². The van der Waals surface area contributed by atoms with E-state index in [1.54, 1.807) is 0 Å². The van der Waals surface area contributed by atoms with Crippen molar-refractivity contribution in [2.75, 3.05) is 0 Å². The molecule has 0 N–H and O–H groups in total. The minimum atomic E-state index is 0.444. The Morgan fingerprint density at radius 3 is 2.48 bits per heavy atom. The van der Waals surface area contributed by atoms with E-state index in [1.807, 2.05) is 0 Å². The van der Waals surface area contributed by atoms with Crippen molar-refractivity contribution in [3.63, 3.8) is 0 Å². The number of fused-ring (bicyclic) bond motifs is 4. The SMILES string of the molecule is CC(C)CCC[C@@H](C)[C@H]1CC[C@H]2[C@@H]3CC[C@]45C[C@H]4C(=O)CC[C@]5(C)[C@H]3CC[C@]12C. The quantitative estimate of drug-likeness (QED) is 0.464. The van der Waals surface area contributed by atoms with E-state index in [1.165, 1.54) is 70.6 Å². The minimum absolute atomic E-state index is 0.444. The molecule has 1 spiro atoms. The summed E-state index contributed by atoms with van der Waals surface area (Å²) in [5, 5.41) is 0. The molecule has 0 aliphatic heterocycles. The predicted octanol–water partition coefficient (Wildman–Crippen LogP) is 7.68. The number of hydrogen-bond acceptors (Lipinski definition) is 1. The molecular weight excluding hydrogens is 352 g/mol. The molecule has 0 amide bonds. The van der Waals surface area contributed by atoms with Gasteiger partial charge in [-0.1, -0.05) is 53.9 Å². The zero-order chi connectivity index (χ0) is 20.6. The van der Waals surface area contributed by atoms with E-state index in [-0.39, 0.29) is 0 Å². The highest BCUT2D eigenvalue weighted by atomic mass is 16.1. The summed E-state index contributed by atoms with van der Waals surface area (Å²) < 4.78 is 0. The lowest BCUT2D eigenvalue weighted by atomic mass is 9.43. The Hall–Kier alpha value is -0.330. The van der Waals surface area contributed by atoms with Gasteiger partial charge < -0.3 is 0 Å². The maximum absolute atomic E-state index is 12.5. The number of carbonyl (C=O) groups is 1. The van der Waals surface area contributed by atoms with Gasteiger partial charge in [0.25, 0.3) is 0 Å². The normalized spacial score (nSPS) is 51.8. The Balaban J connectivity index is 1.32. The van der Waals surface area contributed by atoms with Crippen molar-refractivity contribution < 1.29 is 4.79 Å². The highest BCUT2D eigenvalue weighted by Crippen LogP contribution is 2.79. The standard InChI is InChI=1S/C28H46O/c1-18(2)7-6-8-19(3)21-9-10-22-20-11-16-28-17-24(28)25(29)13-15-27(28,5)23(20)12-14-26(21,22)4/h18-24H,6-17H2,1-5H3/t19-,20+,21-,22+,23+,24+,26-,27-,28+/m1/s1. The fourth-order valence-corrected chi connectivity index (χ4v) is 10.2. The van der Waals surface area contributed by atoms with Crippen LogP contribution in [0, 0.1) is 57.7 Å². The fraction of sp³-hybridized carbons (Fsp3) is 0.964. The van der Waals surface area contributed by atoms with Crippen molar-refractivity contribution in [2.45, 2.75) is 112 Å². The second-order valence-electron chi connectivity index (χ2n) is 13.2. The molecule has 0 unspecified atom stereocenters. The zero-order valence-corrected chi connectivity index (χ0v) is 19.9. The van der Waals surface area contributed by atoms with Crippen LogP contribution in [0.15, 0.2) is 0 Å². The van der Waals surface area contributed by atoms with Gasteiger partial charge in [0.15, 0.2) is 0 Å². The molecule has 164 valence electrons. The zero-order valence-electron chi connectivity index (χ0n) is 19.9. The third kappa shape index (κ3) is 2.80. The molecule has 5 aliphatic rings. The van der Waals surface area contributed by atoms with Crippen LogP contribution < -0.4 is 0 Å². The first-order valence-corrected chi connectivity index (χ1v) is 13.3. The Kier molecular flexibility index (Phi) is 4.85. The molecule has 0 aromatic carbocycles. The van der Waals surface area contributed by atoms with E-state index in [2.05, 4.69) is 34.6 Å². The first kappa shape index (κ1) is 20.6. The van der Waals surface area contributed by atoms with Crippen LogP contribution in [0.4, 0.5) is 0 Å². The molecule has 9 atom stereocenters. The minimum Gasteiger partial charge on any atom is -0.299 e. The van der Waals surface area contributed by atoms with Crippen molar-refractivity contribution in [2.24, 2.45) is 57.7 Å². The average Bonchev–Trinajstić information content (AvgIpc) is 3.31. The van der Waals surface area contributed by atoms with Gasteiger partial charge >= 0.3 is 0 Å². The molecule has 1 nitrogen and oxygen atoms in total. The number of hydrogen-bond donors (Lipinski definition) is 0. The van der Waals surface area contributed by atoms with Crippen molar-refractivity contribution >= 4 is 5.78 Å². The molecule has 5 saturated carbocycles. The first-order valence-electron chi connectivity index (χ1n) is 13.3. The summed E-state index contributed by atoms with van der Waals surface area (Å²) in [6.07, 6.45) is 16.4. The molecule has 0 radical (unpaired) electrons. The summed E-state index contributed by atoms with van der Waals surface area (Å²) in [5.74, 6) is 6.67. The molecule has 5 aliphatic carbocycles. The smallest absolute Gasteiger partial charge is 0.136 e. The maximum atomic E-state index is 12.5. The van der Waals surface area contributed by atoms with E-state index in [0.717, 1.165) is 41.9 Å². The van der Waals surface area contributed by atoms with E-state index in [4.69, 9.17) is 0 Å². The van der Waals surface area contributed by atoms with E-state index >= 15 is 0 Å². The Morgan fingerprint density at radius 1 is 0.931 bits per heavy atom. The van der Waals surface area contributed by atoms with Gasteiger partial charge in [0.1, 0.15) is 5.78 Å². The molecule has 0 aromatic heterocycles. The molecule has 0 aromatic rings. The molecule has 29 heavy (non-hydrogen) atoms. The van der Waals surface area contributed by atoms with Crippen molar-refractivity contribution in [1.82, 2.24) is 0 Å². The number of carbonyl (C=O) groups excluding carboxylic acids is 1. The van der Waals surface area contributed by atoms with E-state index < -0.39 is 0 Å². The van der Waals surface area contributed by atoms with Gasteiger partial charge in [-0.25, -0.2) is 0 Å². The fourth-order valence-electron chi connectivity index (χ4n) is 10.2. The summed E-state index contributed by atoms with van der Waals surface area (Å²) in [7, 11) is 0. The van der Waals surface area contributed by atoms with Crippen LogP contribution in [0.1, 0.15) is 112 Å². The predicted molar refractivity (Wildman–Crippen MR) is 121 cm³/mol. The van der Waals surface area contributed by atoms with Crippen LogP contribution in [-0.2, 0) is 4.79 Å². The Bertz CT molecular complexity index is 665.